The van der Waals surface area contributed by atoms with Crippen molar-refractivity contribution in [3.63, 3.8) is 0 Å². The molecule has 0 aromatic heterocycles. The number of aryl methyl sites for hydroxylation is 1. The molecule has 0 amide bonds. The Hall–Kier alpha value is -2.96. The maximum Gasteiger partial charge on any atom is 0.347 e. The van der Waals surface area contributed by atoms with Gasteiger partial charge in [-0.2, -0.15) is 0 Å². The molecule has 0 fully saturated rings. The molecule has 138 valence electrons. The van der Waals surface area contributed by atoms with Gasteiger partial charge in [0.05, 0.1) is 16.7 Å². The number of ether oxygens (including phenoxy) is 2. The molecule has 1 aliphatic rings. The standard InChI is InChI=1S/C19H20O7/c1-4-13(25-17(22)10(2)3)7-5-6-11-8-12(16(20)21)9-14-15(11)19(24)26-18(14)23/h8-9,13H,2,4-7H2,1,3H3,(H,20,21). The highest BCUT2D eigenvalue weighted by atomic mass is 16.6. The van der Waals surface area contributed by atoms with Gasteiger partial charge in [0.25, 0.3) is 0 Å². The minimum absolute atomic E-state index is 0.0225. The third-order valence-corrected chi connectivity index (χ3v) is 4.13. The number of carboxylic acids is 1. The number of carboxylic acid groups (broad SMARTS) is 1. The second kappa shape index (κ2) is 7.95. The molecule has 1 aliphatic heterocycles. The van der Waals surface area contributed by atoms with Crippen molar-refractivity contribution < 1.29 is 33.8 Å². The monoisotopic (exact) mass is 360 g/mol. The third kappa shape index (κ3) is 4.17. The van der Waals surface area contributed by atoms with E-state index in [9.17, 15) is 24.3 Å². The molecule has 2 rings (SSSR count). The van der Waals surface area contributed by atoms with E-state index >= 15 is 0 Å². The van der Waals surface area contributed by atoms with E-state index in [1.807, 2.05) is 6.92 Å². The topological polar surface area (TPSA) is 107 Å². The highest BCUT2D eigenvalue weighted by molar-refractivity contribution is 6.16. The van der Waals surface area contributed by atoms with E-state index in [0.29, 0.717) is 36.8 Å². The fraction of sp³-hybridized carbons (Fsp3) is 0.368. The Morgan fingerprint density at radius 3 is 2.54 bits per heavy atom. The number of hydrogen-bond acceptors (Lipinski definition) is 6. The molecule has 7 nitrogen and oxygen atoms in total. The molecule has 1 heterocycles. The van der Waals surface area contributed by atoms with Gasteiger partial charge in [-0.15, -0.1) is 0 Å². The molecule has 7 heteroatoms. The van der Waals surface area contributed by atoms with Crippen LogP contribution in [0.2, 0.25) is 0 Å². The summed E-state index contributed by atoms with van der Waals surface area (Å²) in [6.45, 7) is 6.99. The van der Waals surface area contributed by atoms with E-state index in [2.05, 4.69) is 11.3 Å². The van der Waals surface area contributed by atoms with Gasteiger partial charge in [-0.1, -0.05) is 13.5 Å². The van der Waals surface area contributed by atoms with Crippen LogP contribution in [0.4, 0.5) is 0 Å². The van der Waals surface area contributed by atoms with Gasteiger partial charge < -0.3 is 14.6 Å². The molecule has 1 aromatic rings. The first-order valence-corrected chi connectivity index (χ1v) is 8.27. The van der Waals surface area contributed by atoms with Crippen molar-refractivity contribution in [3.05, 3.63) is 46.5 Å². The Kier molecular flexibility index (Phi) is 5.92. The average molecular weight is 360 g/mol. The maximum absolute atomic E-state index is 11.9. The largest absolute Gasteiger partial charge is 0.478 e. The van der Waals surface area contributed by atoms with E-state index in [0.717, 1.165) is 6.07 Å². The van der Waals surface area contributed by atoms with Crippen LogP contribution in [0, 0.1) is 0 Å². The molecule has 1 N–H and O–H groups in total. The van der Waals surface area contributed by atoms with Gasteiger partial charge in [-0.25, -0.2) is 19.2 Å². The number of benzene rings is 1. The fourth-order valence-electron chi connectivity index (χ4n) is 2.73. The highest BCUT2D eigenvalue weighted by Crippen LogP contribution is 2.27. The molecule has 0 saturated carbocycles. The lowest BCUT2D eigenvalue weighted by atomic mass is 9.94. The molecule has 0 aliphatic carbocycles. The van der Waals surface area contributed by atoms with Crippen LogP contribution in [0.3, 0.4) is 0 Å². The first-order chi connectivity index (χ1) is 12.2. The quantitative estimate of drug-likeness (QED) is 0.431. The van der Waals surface area contributed by atoms with Crippen LogP contribution in [-0.4, -0.2) is 35.1 Å². The number of fused-ring (bicyclic) bond motifs is 1. The van der Waals surface area contributed by atoms with Crippen molar-refractivity contribution in [2.45, 2.75) is 45.6 Å². The minimum Gasteiger partial charge on any atom is -0.478 e. The van der Waals surface area contributed by atoms with E-state index in [-0.39, 0.29) is 22.8 Å². The predicted octanol–water partition coefficient (Wildman–Crippen LogP) is 2.92. The molecule has 1 aromatic carbocycles. The summed E-state index contributed by atoms with van der Waals surface area (Å²) in [5.74, 6) is -3.25. The van der Waals surface area contributed by atoms with Crippen LogP contribution in [0.15, 0.2) is 24.3 Å². The van der Waals surface area contributed by atoms with Crippen LogP contribution in [0.1, 0.15) is 69.7 Å². The number of aromatic carboxylic acids is 1. The Labute approximate surface area is 150 Å². The zero-order valence-electron chi connectivity index (χ0n) is 14.7. The summed E-state index contributed by atoms with van der Waals surface area (Å²) in [5, 5.41) is 9.19. The second-order valence-corrected chi connectivity index (χ2v) is 6.15. The van der Waals surface area contributed by atoms with Crippen LogP contribution >= 0.6 is 0 Å². The van der Waals surface area contributed by atoms with Crippen molar-refractivity contribution in [2.75, 3.05) is 0 Å². The normalized spacial score (nSPS) is 13.8. The molecular weight excluding hydrogens is 340 g/mol. The summed E-state index contributed by atoms with van der Waals surface area (Å²) >= 11 is 0. The summed E-state index contributed by atoms with van der Waals surface area (Å²) in [5.41, 5.74) is 0.775. The van der Waals surface area contributed by atoms with Gasteiger partial charge in [0, 0.05) is 5.57 Å². The predicted molar refractivity (Wildman–Crippen MR) is 91.1 cm³/mol. The van der Waals surface area contributed by atoms with Gasteiger partial charge in [0.15, 0.2) is 0 Å². The Morgan fingerprint density at radius 1 is 1.27 bits per heavy atom. The molecule has 26 heavy (non-hydrogen) atoms. The van der Waals surface area contributed by atoms with E-state index in [4.69, 9.17) is 4.74 Å². The lowest BCUT2D eigenvalue weighted by Gasteiger charge is -2.16. The van der Waals surface area contributed by atoms with Gasteiger partial charge >= 0.3 is 23.9 Å². The van der Waals surface area contributed by atoms with Crippen molar-refractivity contribution in [2.24, 2.45) is 0 Å². The third-order valence-electron chi connectivity index (χ3n) is 4.13. The SMILES string of the molecule is C=C(C)C(=O)OC(CC)CCCc1cc(C(=O)O)cc2c1C(=O)OC2=O. The second-order valence-electron chi connectivity index (χ2n) is 6.15. The Bertz CT molecular complexity index is 791. The van der Waals surface area contributed by atoms with E-state index in [1.54, 1.807) is 6.92 Å². The number of hydrogen-bond donors (Lipinski definition) is 1. The van der Waals surface area contributed by atoms with Crippen LogP contribution in [0.5, 0.6) is 0 Å². The lowest BCUT2D eigenvalue weighted by Crippen LogP contribution is -2.18. The number of carbonyl (C=O) groups excluding carboxylic acids is 3. The summed E-state index contributed by atoms with van der Waals surface area (Å²) in [6.07, 6.45) is 1.74. The molecule has 1 atom stereocenters. The minimum atomic E-state index is -1.19. The van der Waals surface area contributed by atoms with Crippen molar-refractivity contribution in [1.82, 2.24) is 0 Å². The number of carbonyl (C=O) groups is 4. The van der Waals surface area contributed by atoms with Crippen molar-refractivity contribution in [3.8, 4) is 0 Å². The van der Waals surface area contributed by atoms with Crippen LogP contribution < -0.4 is 0 Å². The van der Waals surface area contributed by atoms with Gasteiger partial charge in [-0.3, -0.25) is 0 Å². The molecule has 0 spiro atoms. The summed E-state index contributed by atoms with van der Waals surface area (Å²) in [6, 6.07) is 2.53. The molecule has 0 bridgehead atoms. The van der Waals surface area contributed by atoms with Crippen LogP contribution in [0.25, 0.3) is 0 Å². The Morgan fingerprint density at radius 2 is 1.96 bits per heavy atom. The van der Waals surface area contributed by atoms with Gasteiger partial charge in [-0.05, 0) is 50.3 Å². The van der Waals surface area contributed by atoms with Gasteiger partial charge in [0.1, 0.15) is 6.10 Å². The summed E-state index contributed by atoms with van der Waals surface area (Å²) in [4.78, 5) is 46.5. The number of esters is 3. The molecule has 0 radical (unpaired) electrons. The van der Waals surface area contributed by atoms with Gasteiger partial charge in [0.2, 0.25) is 0 Å². The van der Waals surface area contributed by atoms with Crippen molar-refractivity contribution in [1.29, 1.82) is 0 Å². The summed E-state index contributed by atoms with van der Waals surface area (Å²) in [7, 11) is 0. The first-order valence-electron chi connectivity index (χ1n) is 8.27. The molecule has 1 unspecified atom stereocenters. The highest BCUT2D eigenvalue weighted by Gasteiger charge is 2.33. The maximum atomic E-state index is 11.9. The first kappa shape index (κ1) is 19.4. The zero-order valence-corrected chi connectivity index (χ0v) is 14.7. The average Bonchev–Trinajstić information content (AvgIpc) is 2.87. The smallest absolute Gasteiger partial charge is 0.347 e. The van der Waals surface area contributed by atoms with E-state index in [1.165, 1.54) is 6.07 Å². The Balaban J connectivity index is 2.14. The van der Waals surface area contributed by atoms with E-state index < -0.39 is 23.9 Å². The molecule has 0 saturated heterocycles. The van der Waals surface area contributed by atoms with Crippen molar-refractivity contribution >= 4 is 23.9 Å². The number of rotatable bonds is 8. The summed E-state index contributed by atoms with van der Waals surface area (Å²) < 4.78 is 9.90. The number of cyclic esters (lactones) is 2. The lowest BCUT2D eigenvalue weighted by molar-refractivity contribution is -0.144. The molecular formula is C19H20O7. The zero-order chi connectivity index (χ0) is 19.4. The fourth-order valence-corrected chi connectivity index (χ4v) is 2.73. The van der Waals surface area contributed by atoms with Crippen LogP contribution in [-0.2, 0) is 20.7 Å².